The van der Waals surface area contributed by atoms with E-state index >= 15 is 0 Å². The molecule has 0 fully saturated rings. The third-order valence-electron chi connectivity index (χ3n) is 2.22. The molecule has 5 nitrogen and oxygen atoms in total. The van der Waals surface area contributed by atoms with Gasteiger partial charge in [-0.05, 0) is 17.9 Å². The van der Waals surface area contributed by atoms with Crippen molar-refractivity contribution >= 4 is 11.7 Å². The Bertz CT molecular complexity index is 411. The molecular weight excluding hydrogens is 220 g/mol. The van der Waals surface area contributed by atoms with Crippen molar-refractivity contribution in [1.82, 2.24) is 4.98 Å². The molecule has 0 radical (unpaired) electrons. The number of nitrogen functional groups attached to an aromatic ring is 1. The summed E-state index contributed by atoms with van der Waals surface area (Å²) < 4.78 is 5.42. The Morgan fingerprint density at radius 1 is 1.53 bits per heavy atom. The van der Waals surface area contributed by atoms with Gasteiger partial charge in [0.1, 0.15) is 0 Å². The van der Waals surface area contributed by atoms with Crippen molar-refractivity contribution in [1.29, 1.82) is 0 Å². The number of ether oxygens (including phenoxy) is 1. The van der Waals surface area contributed by atoms with Crippen molar-refractivity contribution < 1.29 is 14.6 Å². The maximum Gasteiger partial charge on any atom is 0.337 e. The molecule has 3 N–H and O–H groups in total. The SMILES string of the molecule is CC(C)(C)CCOc1ncc(C(=O)O)cc1N. The zero-order valence-corrected chi connectivity index (χ0v) is 10.4. The van der Waals surface area contributed by atoms with Crippen molar-refractivity contribution in [2.75, 3.05) is 12.3 Å². The van der Waals surface area contributed by atoms with Gasteiger partial charge in [0.05, 0.1) is 17.9 Å². The van der Waals surface area contributed by atoms with Crippen LogP contribution in [0.2, 0.25) is 0 Å². The molecule has 0 bridgehead atoms. The van der Waals surface area contributed by atoms with Gasteiger partial charge in [-0.1, -0.05) is 20.8 Å². The molecule has 0 aliphatic heterocycles. The Morgan fingerprint density at radius 3 is 2.65 bits per heavy atom. The molecule has 1 aromatic rings. The van der Waals surface area contributed by atoms with Crippen LogP contribution < -0.4 is 10.5 Å². The Kier molecular flexibility index (Phi) is 3.93. The number of carbonyl (C=O) groups is 1. The van der Waals surface area contributed by atoms with Crippen molar-refractivity contribution in [2.45, 2.75) is 27.2 Å². The average Bonchev–Trinajstić information content (AvgIpc) is 2.18. The maximum absolute atomic E-state index is 10.7. The van der Waals surface area contributed by atoms with E-state index < -0.39 is 5.97 Å². The Balaban J connectivity index is 2.64. The summed E-state index contributed by atoms with van der Waals surface area (Å²) in [4.78, 5) is 14.6. The van der Waals surface area contributed by atoms with Crippen LogP contribution in [0.15, 0.2) is 12.3 Å². The summed E-state index contributed by atoms with van der Waals surface area (Å²) in [5.41, 5.74) is 6.14. The first-order chi connectivity index (χ1) is 7.79. The van der Waals surface area contributed by atoms with Crippen LogP contribution in [0.1, 0.15) is 37.6 Å². The van der Waals surface area contributed by atoms with E-state index in [4.69, 9.17) is 15.6 Å². The number of hydrogen-bond donors (Lipinski definition) is 2. The molecule has 94 valence electrons. The second-order valence-electron chi connectivity index (χ2n) is 5.08. The van der Waals surface area contributed by atoms with Gasteiger partial charge in [-0.3, -0.25) is 0 Å². The van der Waals surface area contributed by atoms with Crippen LogP contribution in [0.5, 0.6) is 5.88 Å². The molecule has 0 aliphatic carbocycles. The van der Waals surface area contributed by atoms with Crippen molar-refractivity contribution in [3.63, 3.8) is 0 Å². The van der Waals surface area contributed by atoms with Gasteiger partial charge in [-0.2, -0.15) is 0 Å². The minimum atomic E-state index is -1.05. The highest BCUT2D eigenvalue weighted by atomic mass is 16.5. The quantitative estimate of drug-likeness (QED) is 0.839. The lowest BCUT2D eigenvalue weighted by Crippen LogP contribution is -2.12. The van der Waals surface area contributed by atoms with Crippen LogP contribution in [0.25, 0.3) is 0 Å². The number of hydrogen-bond acceptors (Lipinski definition) is 4. The van der Waals surface area contributed by atoms with Crippen LogP contribution in [0, 0.1) is 5.41 Å². The molecule has 5 heteroatoms. The van der Waals surface area contributed by atoms with Gasteiger partial charge >= 0.3 is 5.97 Å². The number of rotatable bonds is 4. The Labute approximate surface area is 101 Å². The molecule has 0 aromatic carbocycles. The molecule has 0 saturated heterocycles. The highest BCUT2D eigenvalue weighted by Crippen LogP contribution is 2.22. The van der Waals surface area contributed by atoms with E-state index in [-0.39, 0.29) is 16.7 Å². The molecule has 1 rings (SSSR count). The van der Waals surface area contributed by atoms with E-state index in [2.05, 4.69) is 25.8 Å². The lowest BCUT2D eigenvalue weighted by molar-refractivity contribution is 0.0696. The van der Waals surface area contributed by atoms with Crippen LogP contribution >= 0.6 is 0 Å². The summed E-state index contributed by atoms with van der Waals surface area (Å²) in [6.07, 6.45) is 2.11. The zero-order valence-electron chi connectivity index (χ0n) is 10.4. The first kappa shape index (κ1) is 13.3. The molecular formula is C12H18N2O3. The molecule has 0 aliphatic rings. The lowest BCUT2D eigenvalue weighted by atomic mass is 9.93. The maximum atomic E-state index is 10.7. The standard InChI is InChI=1S/C12H18N2O3/c1-12(2,3)4-5-17-10-9(13)6-8(7-14-10)11(15)16/h6-7H,4-5,13H2,1-3H3,(H,15,16). The normalized spacial score (nSPS) is 11.2. The minimum Gasteiger partial charge on any atom is -0.478 e. The molecule has 1 heterocycles. The number of carboxylic acid groups (broad SMARTS) is 1. The van der Waals surface area contributed by atoms with E-state index in [1.54, 1.807) is 0 Å². The fraction of sp³-hybridized carbons (Fsp3) is 0.500. The summed E-state index contributed by atoms with van der Waals surface area (Å²) in [6, 6.07) is 1.35. The van der Waals surface area contributed by atoms with Gasteiger partial charge in [0, 0.05) is 6.20 Å². The number of pyridine rings is 1. The second kappa shape index (κ2) is 5.03. The number of aromatic nitrogens is 1. The highest BCUT2D eigenvalue weighted by Gasteiger charge is 2.12. The first-order valence-electron chi connectivity index (χ1n) is 5.41. The fourth-order valence-corrected chi connectivity index (χ4v) is 1.16. The second-order valence-corrected chi connectivity index (χ2v) is 5.08. The third-order valence-corrected chi connectivity index (χ3v) is 2.22. The monoisotopic (exact) mass is 238 g/mol. The van der Waals surface area contributed by atoms with Crippen LogP contribution in [0.3, 0.4) is 0 Å². The lowest BCUT2D eigenvalue weighted by Gasteiger charge is -2.18. The molecule has 17 heavy (non-hydrogen) atoms. The Hall–Kier alpha value is -1.78. The van der Waals surface area contributed by atoms with Gasteiger partial charge in [0.25, 0.3) is 0 Å². The van der Waals surface area contributed by atoms with Crippen LogP contribution in [0.4, 0.5) is 5.69 Å². The average molecular weight is 238 g/mol. The number of nitrogens with zero attached hydrogens (tertiary/aromatic N) is 1. The fourth-order valence-electron chi connectivity index (χ4n) is 1.16. The predicted molar refractivity (Wildman–Crippen MR) is 65.2 cm³/mol. The zero-order chi connectivity index (χ0) is 13.1. The molecule has 0 unspecified atom stereocenters. The summed E-state index contributed by atoms with van der Waals surface area (Å²) in [6.45, 7) is 6.84. The first-order valence-corrected chi connectivity index (χ1v) is 5.41. The van der Waals surface area contributed by atoms with Gasteiger partial charge in [0.15, 0.2) is 0 Å². The topological polar surface area (TPSA) is 85.4 Å². The Morgan fingerprint density at radius 2 is 2.18 bits per heavy atom. The third kappa shape index (κ3) is 4.30. The molecule has 0 saturated carbocycles. The summed E-state index contributed by atoms with van der Waals surface area (Å²) in [5, 5.41) is 8.75. The smallest absolute Gasteiger partial charge is 0.337 e. The van der Waals surface area contributed by atoms with Crippen LogP contribution in [-0.2, 0) is 0 Å². The summed E-state index contributed by atoms with van der Waals surface area (Å²) in [5.74, 6) is -0.760. The molecule has 0 amide bonds. The largest absolute Gasteiger partial charge is 0.478 e. The summed E-state index contributed by atoms with van der Waals surface area (Å²) in [7, 11) is 0. The van der Waals surface area contributed by atoms with Crippen molar-refractivity contribution in [3.8, 4) is 5.88 Å². The number of anilines is 1. The highest BCUT2D eigenvalue weighted by molar-refractivity contribution is 5.88. The number of nitrogens with two attached hydrogens (primary N) is 1. The van der Waals surface area contributed by atoms with E-state index in [0.717, 1.165) is 6.42 Å². The molecule has 0 spiro atoms. The van der Waals surface area contributed by atoms with Gasteiger partial charge in [-0.25, -0.2) is 9.78 Å². The van der Waals surface area contributed by atoms with Crippen molar-refractivity contribution in [2.24, 2.45) is 5.41 Å². The predicted octanol–water partition coefficient (Wildman–Crippen LogP) is 2.18. The minimum absolute atomic E-state index is 0.0608. The molecule has 0 atom stereocenters. The summed E-state index contributed by atoms with van der Waals surface area (Å²) >= 11 is 0. The van der Waals surface area contributed by atoms with E-state index in [0.29, 0.717) is 12.5 Å². The van der Waals surface area contributed by atoms with Gasteiger partial charge in [0.2, 0.25) is 5.88 Å². The van der Waals surface area contributed by atoms with Crippen molar-refractivity contribution in [3.05, 3.63) is 17.8 Å². The van der Waals surface area contributed by atoms with E-state index in [1.807, 2.05) is 0 Å². The number of carboxylic acids is 1. The van der Waals surface area contributed by atoms with E-state index in [9.17, 15) is 4.79 Å². The van der Waals surface area contributed by atoms with Crippen LogP contribution in [-0.4, -0.2) is 22.7 Å². The van der Waals surface area contributed by atoms with E-state index in [1.165, 1.54) is 12.3 Å². The number of aromatic carboxylic acids is 1. The molecule has 1 aromatic heterocycles. The van der Waals surface area contributed by atoms with Gasteiger partial charge in [-0.15, -0.1) is 0 Å². The van der Waals surface area contributed by atoms with Gasteiger partial charge < -0.3 is 15.6 Å².